The summed E-state index contributed by atoms with van der Waals surface area (Å²) in [4.78, 5) is 10.3. The monoisotopic (exact) mass is 276 g/mol. The number of nitrogens with two attached hydrogens (primary N) is 1. The number of aromatic amines is 1. The van der Waals surface area contributed by atoms with E-state index in [9.17, 15) is 0 Å². The molecule has 0 amide bonds. The van der Waals surface area contributed by atoms with Gasteiger partial charge in [-0.05, 0) is 24.1 Å². The zero-order valence-electron chi connectivity index (χ0n) is 12.5. The second-order valence-electron chi connectivity index (χ2n) is 5.58. The van der Waals surface area contributed by atoms with E-state index in [1.807, 2.05) is 18.2 Å². The highest BCUT2D eigenvalue weighted by Gasteiger charge is 2.11. The van der Waals surface area contributed by atoms with Crippen LogP contribution >= 0.6 is 0 Å². The molecule has 3 N–H and O–H groups in total. The minimum absolute atomic E-state index is 0.617. The van der Waals surface area contributed by atoms with Gasteiger partial charge in [0.05, 0.1) is 24.2 Å². The lowest BCUT2D eigenvalue weighted by Crippen LogP contribution is -2.31. The van der Waals surface area contributed by atoms with Crippen molar-refractivity contribution < 1.29 is 4.74 Å². The summed E-state index contributed by atoms with van der Waals surface area (Å²) in [5, 5.41) is 0. The fourth-order valence-electron chi connectivity index (χ4n) is 2.34. The van der Waals surface area contributed by atoms with Crippen LogP contribution in [0.3, 0.4) is 0 Å². The van der Waals surface area contributed by atoms with Gasteiger partial charge in [0.25, 0.3) is 0 Å². The molecule has 0 aliphatic carbocycles. The third kappa shape index (κ3) is 3.95. The summed E-state index contributed by atoms with van der Waals surface area (Å²) in [6.45, 7) is 7.92. The number of nitrogens with zero attached hydrogens (tertiary/aromatic N) is 2. The molecule has 2 aromatic rings. The van der Waals surface area contributed by atoms with Crippen LogP contribution in [-0.4, -0.2) is 41.7 Å². The number of hydrogen-bond donors (Lipinski definition) is 2. The van der Waals surface area contributed by atoms with E-state index in [1.54, 1.807) is 7.11 Å². The van der Waals surface area contributed by atoms with Crippen LogP contribution in [0.1, 0.15) is 19.7 Å². The molecule has 0 fully saturated rings. The zero-order valence-corrected chi connectivity index (χ0v) is 12.5. The van der Waals surface area contributed by atoms with E-state index in [0.29, 0.717) is 5.92 Å². The minimum atomic E-state index is 0.617. The first-order chi connectivity index (χ1) is 9.58. The molecule has 5 heteroatoms. The molecule has 0 saturated carbocycles. The zero-order chi connectivity index (χ0) is 14.5. The van der Waals surface area contributed by atoms with Gasteiger partial charge in [-0.15, -0.1) is 0 Å². The number of imidazole rings is 1. The maximum atomic E-state index is 5.79. The summed E-state index contributed by atoms with van der Waals surface area (Å²) in [6.07, 6.45) is 0. The second-order valence-corrected chi connectivity index (χ2v) is 5.58. The largest absolute Gasteiger partial charge is 0.399 e. The number of fused-ring (bicyclic) bond motifs is 1. The normalized spacial score (nSPS) is 11.8. The van der Waals surface area contributed by atoms with Crippen molar-refractivity contribution in [3.8, 4) is 0 Å². The number of anilines is 1. The number of ether oxygens (including phenoxy) is 1. The van der Waals surface area contributed by atoms with Crippen molar-refractivity contribution in [3.05, 3.63) is 24.0 Å². The molecule has 0 unspecified atom stereocenters. The highest BCUT2D eigenvalue weighted by molar-refractivity contribution is 5.78. The summed E-state index contributed by atoms with van der Waals surface area (Å²) in [5.41, 5.74) is 8.51. The molecule has 0 atom stereocenters. The van der Waals surface area contributed by atoms with Gasteiger partial charge >= 0.3 is 0 Å². The van der Waals surface area contributed by atoms with Gasteiger partial charge in [0.2, 0.25) is 0 Å². The fraction of sp³-hybridized carbons (Fsp3) is 0.533. The Kier molecular flexibility index (Phi) is 4.98. The first-order valence-corrected chi connectivity index (χ1v) is 7.04. The topological polar surface area (TPSA) is 67.2 Å². The van der Waals surface area contributed by atoms with Gasteiger partial charge in [0.15, 0.2) is 0 Å². The third-order valence-electron chi connectivity index (χ3n) is 3.16. The number of nitrogens with one attached hydrogen (secondary N) is 1. The Bertz CT molecular complexity index is 550. The molecule has 1 aromatic heterocycles. The smallest absolute Gasteiger partial charge is 0.121 e. The van der Waals surface area contributed by atoms with Crippen LogP contribution in [-0.2, 0) is 11.3 Å². The highest BCUT2D eigenvalue weighted by atomic mass is 16.5. The lowest BCUT2D eigenvalue weighted by Gasteiger charge is -2.22. The molecule has 2 rings (SSSR count). The van der Waals surface area contributed by atoms with Crippen LogP contribution in [0.4, 0.5) is 5.69 Å². The predicted molar refractivity (Wildman–Crippen MR) is 82.5 cm³/mol. The van der Waals surface area contributed by atoms with Crippen LogP contribution in [0.25, 0.3) is 11.0 Å². The number of hydrogen-bond acceptors (Lipinski definition) is 4. The van der Waals surface area contributed by atoms with E-state index in [0.717, 1.165) is 48.8 Å². The summed E-state index contributed by atoms with van der Waals surface area (Å²) in [6, 6.07) is 5.75. The number of aromatic nitrogens is 2. The number of methoxy groups -OCH3 is 1. The first-order valence-electron chi connectivity index (χ1n) is 7.04. The predicted octanol–water partition coefficient (Wildman–Crippen LogP) is 2.25. The SMILES string of the molecule is COCCN(Cc1nc2ccc(N)cc2[nH]1)CC(C)C. The van der Waals surface area contributed by atoms with Gasteiger partial charge in [-0.3, -0.25) is 4.90 Å². The van der Waals surface area contributed by atoms with Crippen molar-refractivity contribution in [1.82, 2.24) is 14.9 Å². The molecule has 0 aliphatic heterocycles. The van der Waals surface area contributed by atoms with Crippen molar-refractivity contribution in [2.24, 2.45) is 5.92 Å². The quantitative estimate of drug-likeness (QED) is 0.761. The van der Waals surface area contributed by atoms with Crippen LogP contribution in [0.2, 0.25) is 0 Å². The van der Waals surface area contributed by atoms with Gasteiger partial charge in [0, 0.05) is 25.9 Å². The summed E-state index contributed by atoms with van der Waals surface area (Å²) in [7, 11) is 1.73. The Morgan fingerprint density at radius 1 is 1.40 bits per heavy atom. The molecule has 110 valence electrons. The molecular formula is C15H24N4O. The molecule has 0 saturated heterocycles. The van der Waals surface area contributed by atoms with Crippen LogP contribution in [0, 0.1) is 5.92 Å². The van der Waals surface area contributed by atoms with Crippen molar-refractivity contribution >= 4 is 16.7 Å². The number of rotatable bonds is 7. The van der Waals surface area contributed by atoms with E-state index in [1.165, 1.54) is 0 Å². The lowest BCUT2D eigenvalue weighted by atomic mass is 10.2. The molecule has 20 heavy (non-hydrogen) atoms. The highest BCUT2D eigenvalue weighted by Crippen LogP contribution is 2.16. The molecule has 0 radical (unpaired) electrons. The Morgan fingerprint density at radius 3 is 2.90 bits per heavy atom. The molecule has 1 aromatic carbocycles. The molecule has 0 spiro atoms. The Labute approximate surface area is 120 Å². The Hall–Kier alpha value is -1.59. The van der Waals surface area contributed by atoms with Crippen LogP contribution < -0.4 is 5.73 Å². The minimum Gasteiger partial charge on any atom is -0.399 e. The maximum Gasteiger partial charge on any atom is 0.121 e. The van der Waals surface area contributed by atoms with Crippen LogP contribution in [0.15, 0.2) is 18.2 Å². The number of H-pyrrole nitrogens is 1. The molecular weight excluding hydrogens is 252 g/mol. The average molecular weight is 276 g/mol. The van der Waals surface area contributed by atoms with Gasteiger partial charge in [-0.25, -0.2) is 4.98 Å². The maximum absolute atomic E-state index is 5.79. The van der Waals surface area contributed by atoms with E-state index in [4.69, 9.17) is 10.5 Å². The number of benzene rings is 1. The second kappa shape index (κ2) is 6.72. The van der Waals surface area contributed by atoms with Gasteiger partial charge in [0.1, 0.15) is 5.82 Å². The summed E-state index contributed by atoms with van der Waals surface area (Å²) >= 11 is 0. The van der Waals surface area contributed by atoms with Crippen molar-refractivity contribution in [2.45, 2.75) is 20.4 Å². The Balaban J connectivity index is 2.10. The molecule has 0 aliphatic rings. The number of nitrogen functional groups attached to an aromatic ring is 1. The fourth-order valence-corrected chi connectivity index (χ4v) is 2.34. The van der Waals surface area contributed by atoms with Crippen molar-refractivity contribution in [2.75, 3.05) is 32.5 Å². The van der Waals surface area contributed by atoms with Gasteiger partial charge in [-0.1, -0.05) is 13.8 Å². The van der Waals surface area contributed by atoms with E-state index in [-0.39, 0.29) is 0 Å². The average Bonchev–Trinajstić information content (AvgIpc) is 2.76. The van der Waals surface area contributed by atoms with Crippen molar-refractivity contribution in [3.63, 3.8) is 0 Å². The van der Waals surface area contributed by atoms with E-state index >= 15 is 0 Å². The lowest BCUT2D eigenvalue weighted by molar-refractivity contribution is 0.134. The standard InChI is InChI=1S/C15H24N4O/c1-11(2)9-19(6-7-20-3)10-15-17-13-5-4-12(16)8-14(13)18-15/h4-5,8,11H,6-7,9-10,16H2,1-3H3,(H,17,18). The first kappa shape index (κ1) is 14.8. The van der Waals surface area contributed by atoms with E-state index in [2.05, 4.69) is 28.7 Å². The molecule has 5 nitrogen and oxygen atoms in total. The van der Waals surface area contributed by atoms with Crippen molar-refractivity contribution in [1.29, 1.82) is 0 Å². The van der Waals surface area contributed by atoms with Gasteiger partial charge in [-0.2, -0.15) is 0 Å². The summed E-state index contributed by atoms with van der Waals surface area (Å²) < 4.78 is 5.18. The van der Waals surface area contributed by atoms with Gasteiger partial charge < -0.3 is 15.5 Å². The summed E-state index contributed by atoms with van der Waals surface area (Å²) in [5.74, 6) is 1.59. The Morgan fingerprint density at radius 2 is 2.20 bits per heavy atom. The molecule has 0 bridgehead atoms. The third-order valence-corrected chi connectivity index (χ3v) is 3.16. The van der Waals surface area contributed by atoms with Crippen LogP contribution in [0.5, 0.6) is 0 Å². The van der Waals surface area contributed by atoms with E-state index < -0.39 is 0 Å². The molecule has 1 heterocycles.